The second-order valence-corrected chi connectivity index (χ2v) is 6.81. The van der Waals surface area contributed by atoms with Crippen LogP contribution in [0.4, 0.5) is 0 Å². The first kappa shape index (κ1) is 15.8. The average molecular weight is 281 g/mol. The van der Waals surface area contributed by atoms with Crippen LogP contribution in [0, 0.1) is 11.8 Å². The molecule has 0 aromatic carbocycles. The van der Waals surface area contributed by atoms with Gasteiger partial charge in [0.2, 0.25) is 5.91 Å². The van der Waals surface area contributed by atoms with E-state index in [1.54, 1.807) is 0 Å². The van der Waals surface area contributed by atoms with Crippen molar-refractivity contribution >= 4 is 5.91 Å². The van der Waals surface area contributed by atoms with E-state index < -0.39 is 0 Å². The van der Waals surface area contributed by atoms with Gasteiger partial charge in [0.05, 0.1) is 5.92 Å². The summed E-state index contributed by atoms with van der Waals surface area (Å²) >= 11 is 0. The number of likely N-dealkylation sites (N-methyl/N-ethyl adjacent to an activating group) is 1. The molecule has 1 aliphatic heterocycles. The van der Waals surface area contributed by atoms with Crippen LogP contribution in [0.15, 0.2) is 0 Å². The molecular weight excluding hydrogens is 250 g/mol. The Hall–Kier alpha value is -0.610. The van der Waals surface area contributed by atoms with E-state index in [-0.39, 0.29) is 12.0 Å². The third kappa shape index (κ3) is 3.34. The van der Waals surface area contributed by atoms with E-state index in [1.807, 2.05) is 0 Å². The molecule has 0 aromatic rings. The van der Waals surface area contributed by atoms with Gasteiger partial charge in [0.1, 0.15) is 0 Å². The van der Waals surface area contributed by atoms with Crippen molar-refractivity contribution < 1.29 is 4.79 Å². The molecule has 0 aromatic heterocycles. The first-order valence-corrected chi connectivity index (χ1v) is 8.29. The second kappa shape index (κ2) is 6.90. The smallest absolute Gasteiger partial charge is 0.227 e. The summed E-state index contributed by atoms with van der Waals surface area (Å²) in [5.41, 5.74) is 6.27. The Kier molecular flexibility index (Phi) is 5.44. The van der Waals surface area contributed by atoms with Crippen molar-refractivity contribution in [1.29, 1.82) is 0 Å². The number of rotatable bonds is 2. The van der Waals surface area contributed by atoms with Gasteiger partial charge in [0.15, 0.2) is 0 Å². The third-order valence-corrected chi connectivity index (χ3v) is 5.21. The van der Waals surface area contributed by atoms with Gasteiger partial charge >= 0.3 is 0 Å². The Morgan fingerprint density at radius 1 is 1.25 bits per heavy atom. The lowest BCUT2D eigenvalue weighted by Crippen LogP contribution is -2.52. The van der Waals surface area contributed by atoms with Gasteiger partial charge in [0.25, 0.3) is 0 Å². The first-order valence-electron chi connectivity index (χ1n) is 8.29. The lowest BCUT2D eigenvalue weighted by atomic mass is 9.76. The maximum absolute atomic E-state index is 13.0. The number of hydrogen-bond donors (Lipinski definition) is 1. The fraction of sp³-hybridized carbons (Fsp3) is 0.938. The summed E-state index contributed by atoms with van der Waals surface area (Å²) in [6.07, 6.45) is 5.44. The molecule has 2 N–H and O–H groups in total. The average Bonchev–Trinajstić information content (AvgIpc) is 2.59. The summed E-state index contributed by atoms with van der Waals surface area (Å²) in [7, 11) is 2.16. The van der Waals surface area contributed by atoms with Crippen LogP contribution in [0.25, 0.3) is 0 Å². The summed E-state index contributed by atoms with van der Waals surface area (Å²) in [5.74, 6) is 0.804. The van der Waals surface area contributed by atoms with Gasteiger partial charge in [0, 0.05) is 25.2 Å². The standard InChI is InChI=1S/C16H31N3O/c1-4-13-11-18(3)9-6-10-19(13)16(20)15-12(2)7-5-8-14(15)17/h12-15H,4-11,17H2,1-3H3. The summed E-state index contributed by atoms with van der Waals surface area (Å²) in [4.78, 5) is 17.5. The van der Waals surface area contributed by atoms with Crippen molar-refractivity contribution in [3.05, 3.63) is 0 Å². The zero-order chi connectivity index (χ0) is 14.7. The van der Waals surface area contributed by atoms with Crippen molar-refractivity contribution in [1.82, 2.24) is 9.80 Å². The molecule has 20 heavy (non-hydrogen) atoms. The molecule has 4 atom stereocenters. The van der Waals surface area contributed by atoms with Crippen LogP contribution < -0.4 is 5.73 Å². The molecule has 116 valence electrons. The Bertz CT molecular complexity index is 324. The number of nitrogens with zero attached hydrogens (tertiary/aromatic N) is 2. The van der Waals surface area contributed by atoms with Gasteiger partial charge in [-0.05, 0) is 45.2 Å². The van der Waals surface area contributed by atoms with Crippen LogP contribution in [0.3, 0.4) is 0 Å². The van der Waals surface area contributed by atoms with Gasteiger partial charge in [-0.15, -0.1) is 0 Å². The summed E-state index contributed by atoms with van der Waals surface area (Å²) in [6, 6.07) is 0.418. The molecule has 1 saturated carbocycles. The zero-order valence-electron chi connectivity index (χ0n) is 13.3. The predicted octanol–water partition coefficient (Wildman–Crippen LogP) is 1.69. The Balaban J connectivity index is 2.12. The normalized spacial score (nSPS) is 36.7. The van der Waals surface area contributed by atoms with Crippen LogP contribution in [-0.2, 0) is 4.79 Å². The van der Waals surface area contributed by atoms with E-state index in [4.69, 9.17) is 5.73 Å². The minimum atomic E-state index is 0.0428. The van der Waals surface area contributed by atoms with Crippen LogP contribution in [0.5, 0.6) is 0 Å². The summed E-state index contributed by atoms with van der Waals surface area (Å²) < 4.78 is 0. The molecule has 1 amide bonds. The largest absolute Gasteiger partial charge is 0.338 e. The van der Waals surface area contributed by atoms with E-state index in [0.29, 0.717) is 17.9 Å². The lowest BCUT2D eigenvalue weighted by Gasteiger charge is -2.39. The van der Waals surface area contributed by atoms with Gasteiger partial charge in [-0.2, -0.15) is 0 Å². The van der Waals surface area contributed by atoms with E-state index in [0.717, 1.165) is 45.3 Å². The molecule has 4 nitrogen and oxygen atoms in total. The molecule has 4 unspecified atom stereocenters. The Morgan fingerprint density at radius 2 is 2.00 bits per heavy atom. The van der Waals surface area contributed by atoms with Gasteiger partial charge < -0.3 is 15.5 Å². The van der Waals surface area contributed by atoms with E-state index >= 15 is 0 Å². The second-order valence-electron chi connectivity index (χ2n) is 6.81. The van der Waals surface area contributed by atoms with Crippen molar-refractivity contribution in [2.24, 2.45) is 17.6 Å². The van der Waals surface area contributed by atoms with E-state index in [9.17, 15) is 4.79 Å². The molecule has 2 aliphatic rings. The molecule has 1 heterocycles. The molecule has 2 fully saturated rings. The van der Waals surface area contributed by atoms with Gasteiger partial charge in [-0.1, -0.05) is 20.3 Å². The van der Waals surface area contributed by atoms with Gasteiger partial charge in [-0.25, -0.2) is 0 Å². The quantitative estimate of drug-likeness (QED) is 0.838. The molecule has 4 heteroatoms. The van der Waals surface area contributed by atoms with E-state index in [2.05, 4.69) is 30.7 Å². The first-order chi connectivity index (χ1) is 9.54. The van der Waals surface area contributed by atoms with Crippen molar-refractivity contribution in [3.8, 4) is 0 Å². The molecule has 0 bridgehead atoms. The monoisotopic (exact) mass is 281 g/mol. The number of carbonyl (C=O) groups is 1. The van der Waals surface area contributed by atoms with E-state index in [1.165, 1.54) is 6.42 Å². The predicted molar refractivity (Wildman–Crippen MR) is 82.4 cm³/mol. The number of carbonyl (C=O) groups excluding carboxylic acids is 1. The van der Waals surface area contributed by atoms with Crippen molar-refractivity contribution in [3.63, 3.8) is 0 Å². The van der Waals surface area contributed by atoms with Crippen LogP contribution in [0.2, 0.25) is 0 Å². The maximum Gasteiger partial charge on any atom is 0.227 e. The molecule has 0 radical (unpaired) electrons. The number of nitrogens with two attached hydrogens (primary N) is 1. The molecule has 1 aliphatic carbocycles. The highest BCUT2D eigenvalue weighted by molar-refractivity contribution is 5.80. The fourth-order valence-corrected chi connectivity index (χ4v) is 3.96. The Morgan fingerprint density at radius 3 is 2.65 bits per heavy atom. The molecule has 2 rings (SSSR count). The Labute approximate surface area is 123 Å². The zero-order valence-corrected chi connectivity index (χ0v) is 13.3. The van der Waals surface area contributed by atoms with Gasteiger partial charge in [-0.3, -0.25) is 4.79 Å². The number of hydrogen-bond acceptors (Lipinski definition) is 3. The highest BCUT2D eigenvalue weighted by atomic mass is 16.2. The fourth-order valence-electron chi connectivity index (χ4n) is 3.96. The SMILES string of the molecule is CCC1CN(C)CCCN1C(=O)C1C(C)CCCC1N. The van der Waals surface area contributed by atoms with Crippen LogP contribution in [-0.4, -0.2) is 54.5 Å². The lowest BCUT2D eigenvalue weighted by molar-refractivity contribution is -0.141. The topological polar surface area (TPSA) is 49.6 Å². The van der Waals surface area contributed by atoms with Crippen LogP contribution >= 0.6 is 0 Å². The highest BCUT2D eigenvalue weighted by Gasteiger charge is 2.38. The third-order valence-electron chi connectivity index (χ3n) is 5.21. The summed E-state index contributed by atoms with van der Waals surface area (Å²) in [6.45, 7) is 7.38. The van der Waals surface area contributed by atoms with Crippen molar-refractivity contribution in [2.45, 2.75) is 58.0 Å². The minimum Gasteiger partial charge on any atom is -0.338 e. The maximum atomic E-state index is 13.0. The summed E-state index contributed by atoms with van der Waals surface area (Å²) in [5, 5.41) is 0. The highest BCUT2D eigenvalue weighted by Crippen LogP contribution is 2.31. The molecular formula is C16H31N3O. The minimum absolute atomic E-state index is 0.0428. The van der Waals surface area contributed by atoms with Crippen LogP contribution in [0.1, 0.15) is 46.0 Å². The molecule has 0 spiro atoms. The van der Waals surface area contributed by atoms with Crippen molar-refractivity contribution in [2.75, 3.05) is 26.7 Å². The molecule has 1 saturated heterocycles. The number of amides is 1.